The van der Waals surface area contributed by atoms with Crippen LogP contribution in [0.2, 0.25) is 0 Å². The van der Waals surface area contributed by atoms with Crippen molar-refractivity contribution in [3.8, 4) is 0 Å². The predicted octanol–water partition coefficient (Wildman–Crippen LogP) is 1.39. The Hall–Kier alpha value is -2.37. The van der Waals surface area contributed by atoms with Crippen LogP contribution in [-0.4, -0.2) is 18.2 Å². The van der Waals surface area contributed by atoms with Crippen LogP contribution in [0.3, 0.4) is 0 Å². The number of nitrogens with two attached hydrogens (primary N) is 1. The third-order valence-corrected chi connectivity index (χ3v) is 1.94. The molecule has 84 valence electrons. The summed E-state index contributed by atoms with van der Waals surface area (Å²) in [6, 6.07) is 4.25. The first-order chi connectivity index (χ1) is 7.58. The first-order valence-electron chi connectivity index (χ1n) is 4.51. The van der Waals surface area contributed by atoms with Crippen LogP contribution in [0.25, 0.3) is 5.57 Å². The topological polar surface area (TPSA) is 105 Å². The second kappa shape index (κ2) is 4.92. The number of anilines is 1. The largest absolute Gasteiger partial charge is 0.399 e. The minimum Gasteiger partial charge on any atom is -0.399 e. The van der Waals surface area contributed by atoms with Gasteiger partial charge in [0.15, 0.2) is 0 Å². The fraction of sp³-hybridized carbons (Fsp3) is 0.100. The zero-order chi connectivity index (χ0) is 12.1. The molecule has 0 bridgehead atoms. The number of benzene rings is 1. The van der Waals surface area contributed by atoms with Crippen molar-refractivity contribution >= 4 is 23.2 Å². The van der Waals surface area contributed by atoms with E-state index in [-0.39, 0.29) is 5.69 Å². The second-order valence-electron chi connectivity index (χ2n) is 3.10. The summed E-state index contributed by atoms with van der Waals surface area (Å²) in [5.41, 5.74) is 6.84. The number of non-ortho nitro benzene ring substituents is 1. The van der Waals surface area contributed by atoms with Crippen LogP contribution in [0.5, 0.6) is 0 Å². The maximum atomic E-state index is 10.6. The molecule has 0 aliphatic carbocycles. The maximum Gasteiger partial charge on any atom is 0.272 e. The van der Waals surface area contributed by atoms with E-state index in [9.17, 15) is 10.1 Å². The molecule has 0 heterocycles. The molecular weight excluding hydrogens is 208 g/mol. The molecule has 0 saturated carbocycles. The summed E-state index contributed by atoms with van der Waals surface area (Å²) < 4.78 is 0. The van der Waals surface area contributed by atoms with E-state index < -0.39 is 4.92 Å². The lowest BCUT2D eigenvalue weighted by atomic mass is 10.1. The van der Waals surface area contributed by atoms with Crippen LogP contribution in [0.4, 0.5) is 11.4 Å². The van der Waals surface area contributed by atoms with Crippen molar-refractivity contribution in [1.29, 1.82) is 5.41 Å². The van der Waals surface area contributed by atoms with Gasteiger partial charge < -0.3 is 16.5 Å². The Balaban J connectivity index is 3.28. The van der Waals surface area contributed by atoms with Gasteiger partial charge in [0.25, 0.3) is 5.69 Å². The maximum absolute atomic E-state index is 10.6. The Labute approximate surface area is 92.4 Å². The van der Waals surface area contributed by atoms with Gasteiger partial charge >= 0.3 is 0 Å². The number of nitrogens with one attached hydrogen (secondary N) is 2. The fourth-order valence-electron chi connectivity index (χ4n) is 1.27. The molecule has 1 aromatic carbocycles. The summed E-state index contributed by atoms with van der Waals surface area (Å²) in [4.78, 5) is 10.1. The molecule has 0 aliphatic rings. The van der Waals surface area contributed by atoms with E-state index in [1.807, 2.05) is 0 Å². The van der Waals surface area contributed by atoms with Gasteiger partial charge in [0.2, 0.25) is 0 Å². The van der Waals surface area contributed by atoms with E-state index in [0.29, 0.717) is 16.8 Å². The zero-order valence-corrected chi connectivity index (χ0v) is 8.73. The van der Waals surface area contributed by atoms with Crippen molar-refractivity contribution < 1.29 is 4.92 Å². The lowest BCUT2D eigenvalue weighted by molar-refractivity contribution is -0.384. The van der Waals surface area contributed by atoms with E-state index in [1.54, 1.807) is 19.3 Å². The molecule has 6 nitrogen and oxygen atoms in total. The third kappa shape index (κ3) is 2.57. The van der Waals surface area contributed by atoms with Gasteiger partial charge in [-0.05, 0) is 11.6 Å². The number of nitro groups is 1. The molecule has 6 heteroatoms. The fourth-order valence-corrected chi connectivity index (χ4v) is 1.27. The Morgan fingerprint density at radius 3 is 2.75 bits per heavy atom. The number of allylic oxidation sites excluding steroid dienone is 1. The highest BCUT2D eigenvalue weighted by Crippen LogP contribution is 2.22. The van der Waals surface area contributed by atoms with Crippen LogP contribution >= 0.6 is 0 Å². The smallest absolute Gasteiger partial charge is 0.272 e. The number of hydrogen-bond acceptors (Lipinski definition) is 5. The molecule has 0 radical (unpaired) electrons. The number of hydrogen-bond donors (Lipinski definition) is 3. The van der Waals surface area contributed by atoms with Crippen molar-refractivity contribution in [2.24, 2.45) is 0 Å². The molecule has 0 aromatic heterocycles. The van der Waals surface area contributed by atoms with Crippen molar-refractivity contribution in [3.05, 3.63) is 40.1 Å². The number of nitro benzene ring substituents is 1. The van der Waals surface area contributed by atoms with Gasteiger partial charge in [-0.3, -0.25) is 10.1 Å². The molecule has 16 heavy (non-hydrogen) atoms. The van der Waals surface area contributed by atoms with Crippen LogP contribution in [0, 0.1) is 15.5 Å². The van der Waals surface area contributed by atoms with Gasteiger partial charge in [-0.25, -0.2) is 0 Å². The summed E-state index contributed by atoms with van der Waals surface area (Å²) in [5.74, 6) is 0. The highest BCUT2D eigenvalue weighted by Gasteiger charge is 2.10. The lowest BCUT2D eigenvalue weighted by Gasteiger charge is -2.03. The third-order valence-electron chi connectivity index (χ3n) is 1.94. The van der Waals surface area contributed by atoms with Gasteiger partial charge in [-0.15, -0.1) is 0 Å². The van der Waals surface area contributed by atoms with E-state index >= 15 is 0 Å². The Morgan fingerprint density at radius 2 is 2.25 bits per heavy atom. The van der Waals surface area contributed by atoms with E-state index in [4.69, 9.17) is 11.1 Å². The first kappa shape index (κ1) is 11.7. The van der Waals surface area contributed by atoms with Gasteiger partial charge in [0.1, 0.15) is 0 Å². The minimum atomic E-state index is -0.513. The second-order valence-corrected chi connectivity index (χ2v) is 3.10. The molecule has 4 N–H and O–H groups in total. The molecule has 0 unspecified atom stereocenters. The van der Waals surface area contributed by atoms with Crippen molar-refractivity contribution in [1.82, 2.24) is 5.32 Å². The average molecular weight is 220 g/mol. The Bertz CT molecular complexity index is 454. The van der Waals surface area contributed by atoms with E-state index in [1.165, 1.54) is 12.1 Å². The summed E-state index contributed by atoms with van der Waals surface area (Å²) in [5, 5.41) is 20.6. The van der Waals surface area contributed by atoms with Gasteiger partial charge in [-0.1, -0.05) is 0 Å². The molecule has 0 atom stereocenters. The molecule has 0 amide bonds. The summed E-state index contributed by atoms with van der Waals surface area (Å²) >= 11 is 0. The van der Waals surface area contributed by atoms with Crippen molar-refractivity contribution in [2.45, 2.75) is 0 Å². The number of nitrogens with zero attached hydrogens (tertiary/aromatic N) is 1. The highest BCUT2D eigenvalue weighted by atomic mass is 16.6. The van der Waals surface area contributed by atoms with Gasteiger partial charge in [-0.2, -0.15) is 0 Å². The summed E-state index contributed by atoms with van der Waals surface area (Å²) in [6.45, 7) is 0. The number of rotatable bonds is 4. The van der Waals surface area contributed by atoms with Gasteiger partial charge in [0.05, 0.1) is 4.92 Å². The SMILES string of the molecule is CN/C=C(\C=N)c1cc(N)cc([N+](=O)[O-])c1. The monoisotopic (exact) mass is 220 g/mol. The molecule has 1 aromatic rings. The van der Waals surface area contributed by atoms with Crippen molar-refractivity contribution in [2.75, 3.05) is 12.8 Å². The van der Waals surface area contributed by atoms with E-state index in [0.717, 1.165) is 6.21 Å². The van der Waals surface area contributed by atoms with E-state index in [2.05, 4.69) is 5.32 Å². The van der Waals surface area contributed by atoms with Crippen molar-refractivity contribution in [3.63, 3.8) is 0 Å². The first-order valence-corrected chi connectivity index (χ1v) is 4.51. The quantitative estimate of drug-likeness (QED) is 0.308. The number of nitrogen functional groups attached to an aromatic ring is 1. The van der Waals surface area contributed by atoms with Gasteiger partial charge in [0, 0.05) is 42.9 Å². The average Bonchev–Trinajstić information content (AvgIpc) is 2.24. The molecular formula is C10H12N4O2. The lowest BCUT2D eigenvalue weighted by Crippen LogP contribution is -1.99. The highest BCUT2D eigenvalue weighted by molar-refractivity contribution is 6.08. The van der Waals surface area contributed by atoms with Crippen LogP contribution in [0.15, 0.2) is 24.4 Å². The standard InChI is InChI=1S/C10H12N4O2/c1-13-6-8(5-11)7-2-9(12)4-10(3-7)14(15)16/h2-6,11,13H,12H2,1H3/b8-6+,11-5?. The van der Waals surface area contributed by atoms with Crippen LogP contribution in [-0.2, 0) is 0 Å². The molecule has 0 aliphatic heterocycles. The molecule has 1 rings (SSSR count). The zero-order valence-electron chi connectivity index (χ0n) is 8.73. The van der Waals surface area contributed by atoms with Crippen LogP contribution < -0.4 is 11.1 Å². The summed E-state index contributed by atoms with van der Waals surface area (Å²) in [7, 11) is 1.68. The summed E-state index contributed by atoms with van der Waals surface area (Å²) in [6.07, 6.45) is 2.68. The molecule has 0 fully saturated rings. The minimum absolute atomic E-state index is 0.0844. The predicted molar refractivity (Wildman–Crippen MR) is 63.3 cm³/mol. The molecule has 0 spiro atoms. The molecule has 0 saturated heterocycles. The van der Waals surface area contributed by atoms with Crippen LogP contribution in [0.1, 0.15) is 5.56 Å². The Morgan fingerprint density at radius 1 is 1.56 bits per heavy atom. The Kier molecular flexibility index (Phi) is 3.60. The normalized spacial score (nSPS) is 10.9.